The van der Waals surface area contributed by atoms with Crippen LogP contribution < -0.4 is 5.73 Å². The van der Waals surface area contributed by atoms with E-state index in [-0.39, 0.29) is 17.3 Å². The molecule has 1 heterocycles. The van der Waals surface area contributed by atoms with Gasteiger partial charge in [0.1, 0.15) is 10.7 Å². The summed E-state index contributed by atoms with van der Waals surface area (Å²) in [5.41, 5.74) is 6.42. The number of pyridine rings is 1. The quantitative estimate of drug-likeness (QED) is 0.938. The second-order valence-corrected chi connectivity index (χ2v) is 6.73. The van der Waals surface area contributed by atoms with Gasteiger partial charge in [0.2, 0.25) is 10.0 Å². The highest BCUT2D eigenvalue weighted by atomic mass is 35.5. The van der Waals surface area contributed by atoms with Crippen LogP contribution in [-0.4, -0.2) is 24.8 Å². The zero-order valence-corrected chi connectivity index (χ0v) is 12.4. The van der Waals surface area contributed by atoms with E-state index in [1.807, 2.05) is 6.07 Å². The summed E-state index contributed by atoms with van der Waals surface area (Å²) < 4.78 is 26.0. The molecule has 1 aromatic heterocycles. The zero-order chi connectivity index (χ0) is 14.8. The van der Waals surface area contributed by atoms with E-state index in [4.69, 9.17) is 17.3 Å². The van der Waals surface area contributed by atoms with Crippen LogP contribution in [0, 0.1) is 0 Å². The Morgan fingerprint density at radius 2 is 2.05 bits per heavy atom. The summed E-state index contributed by atoms with van der Waals surface area (Å²) in [5.74, 6) is -0.00885. The summed E-state index contributed by atoms with van der Waals surface area (Å²) >= 11 is 5.89. The van der Waals surface area contributed by atoms with E-state index in [0.29, 0.717) is 5.02 Å². The normalized spacial score (nSPS) is 11.8. The minimum atomic E-state index is -3.68. The number of rotatable bonds is 4. The lowest BCUT2D eigenvalue weighted by Gasteiger charge is -2.18. The molecule has 5 nitrogen and oxygen atoms in total. The maximum Gasteiger partial charge on any atom is 0.246 e. The molecule has 0 saturated heterocycles. The first-order chi connectivity index (χ1) is 9.41. The number of anilines is 1. The van der Waals surface area contributed by atoms with E-state index < -0.39 is 10.0 Å². The van der Waals surface area contributed by atoms with Gasteiger partial charge in [-0.3, -0.25) is 0 Å². The van der Waals surface area contributed by atoms with Crippen molar-refractivity contribution in [3.63, 3.8) is 0 Å². The molecule has 2 aromatic rings. The Balaban J connectivity index is 2.29. The van der Waals surface area contributed by atoms with Gasteiger partial charge in [-0.2, -0.15) is 4.31 Å². The van der Waals surface area contributed by atoms with Crippen molar-refractivity contribution >= 4 is 27.4 Å². The molecule has 20 heavy (non-hydrogen) atoms. The number of hydrogen-bond donors (Lipinski definition) is 1. The van der Waals surface area contributed by atoms with Crippen molar-refractivity contribution in [3.05, 3.63) is 53.2 Å². The van der Waals surface area contributed by atoms with Crippen LogP contribution in [0.15, 0.2) is 47.5 Å². The van der Waals surface area contributed by atoms with Crippen LogP contribution in [0.5, 0.6) is 0 Å². The summed E-state index contributed by atoms with van der Waals surface area (Å²) in [6.07, 6.45) is 1.45. The molecule has 7 heteroatoms. The smallest absolute Gasteiger partial charge is 0.246 e. The van der Waals surface area contributed by atoms with Gasteiger partial charge in [-0.1, -0.05) is 23.7 Å². The highest BCUT2D eigenvalue weighted by Crippen LogP contribution is 2.21. The van der Waals surface area contributed by atoms with E-state index >= 15 is 0 Å². The van der Waals surface area contributed by atoms with Crippen molar-refractivity contribution in [2.45, 2.75) is 11.4 Å². The van der Waals surface area contributed by atoms with Crippen LogP contribution in [0.1, 0.15) is 5.56 Å². The average molecular weight is 312 g/mol. The maximum atomic E-state index is 12.4. The van der Waals surface area contributed by atoms with Crippen LogP contribution in [-0.2, 0) is 16.6 Å². The predicted molar refractivity (Wildman–Crippen MR) is 78.8 cm³/mol. The van der Waals surface area contributed by atoms with Crippen molar-refractivity contribution in [1.29, 1.82) is 0 Å². The minimum Gasteiger partial charge on any atom is -0.383 e. The van der Waals surface area contributed by atoms with Gasteiger partial charge >= 0.3 is 0 Å². The molecule has 0 fully saturated rings. The molecule has 2 N–H and O–H groups in total. The second kappa shape index (κ2) is 5.78. The number of benzene rings is 1. The molecule has 1 aromatic carbocycles. The van der Waals surface area contributed by atoms with Crippen molar-refractivity contribution in [2.75, 3.05) is 12.8 Å². The predicted octanol–water partition coefficient (Wildman–Crippen LogP) is 2.14. The van der Waals surface area contributed by atoms with Gasteiger partial charge in [0, 0.05) is 24.8 Å². The molecule has 0 radical (unpaired) electrons. The minimum absolute atomic E-state index is 0.00419. The Morgan fingerprint density at radius 1 is 1.30 bits per heavy atom. The third-order valence-electron chi connectivity index (χ3n) is 2.78. The molecule has 0 aliphatic rings. The van der Waals surface area contributed by atoms with Crippen LogP contribution in [0.3, 0.4) is 0 Å². The van der Waals surface area contributed by atoms with Gasteiger partial charge in [0.25, 0.3) is 0 Å². The molecule has 2 rings (SSSR count). The topological polar surface area (TPSA) is 76.3 Å². The summed E-state index contributed by atoms with van der Waals surface area (Å²) in [5, 5.41) is 0.564. The Morgan fingerprint density at radius 3 is 2.70 bits per heavy atom. The molecule has 0 aliphatic heterocycles. The number of nitrogen functional groups attached to an aromatic ring is 1. The van der Waals surface area contributed by atoms with Crippen LogP contribution in [0.4, 0.5) is 5.82 Å². The van der Waals surface area contributed by atoms with Crippen molar-refractivity contribution in [3.8, 4) is 0 Å². The van der Waals surface area contributed by atoms with Crippen molar-refractivity contribution < 1.29 is 8.42 Å². The fraction of sp³-hybridized carbons (Fsp3) is 0.154. The monoisotopic (exact) mass is 311 g/mol. The van der Waals surface area contributed by atoms with Gasteiger partial charge in [0.05, 0.1) is 0 Å². The van der Waals surface area contributed by atoms with Gasteiger partial charge in [0.15, 0.2) is 0 Å². The van der Waals surface area contributed by atoms with Crippen LogP contribution in [0.2, 0.25) is 5.02 Å². The number of sulfonamides is 1. The Kier molecular flexibility index (Phi) is 4.27. The molecular formula is C13H14ClN3O2S. The van der Waals surface area contributed by atoms with E-state index in [2.05, 4.69) is 4.98 Å². The third-order valence-corrected chi connectivity index (χ3v) is 4.87. The van der Waals surface area contributed by atoms with E-state index in [1.165, 1.54) is 29.7 Å². The Labute approximate surface area is 123 Å². The Bertz CT molecular complexity index is 719. The standard InChI is InChI=1S/C13H14ClN3O2S/c1-17(9-10-4-2-5-11(14)8-10)20(18,19)12-6-3-7-16-13(12)15/h2-8H,9H2,1H3,(H2,15,16). The van der Waals surface area contributed by atoms with Gasteiger partial charge in [-0.25, -0.2) is 13.4 Å². The summed E-state index contributed by atoms with van der Waals surface area (Å²) in [6.45, 7) is 0.206. The molecule has 0 bridgehead atoms. The van der Waals surface area contributed by atoms with E-state index in [9.17, 15) is 8.42 Å². The molecule has 0 unspecified atom stereocenters. The summed E-state index contributed by atoms with van der Waals surface area (Å²) in [4.78, 5) is 3.80. The molecule has 0 aliphatic carbocycles. The lowest BCUT2D eigenvalue weighted by atomic mass is 10.2. The number of nitrogens with two attached hydrogens (primary N) is 1. The first-order valence-corrected chi connectivity index (χ1v) is 7.64. The number of nitrogens with zero attached hydrogens (tertiary/aromatic N) is 2. The zero-order valence-electron chi connectivity index (χ0n) is 10.8. The third kappa shape index (κ3) is 3.09. The maximum absolute atomic E-state index is 12.4. The second-order valence-electron chi connectivity index (χ2n) is 4.28. The van der Waals surface area contributed by atoms with Gasteiger partial charge in [-0.15, -0.1) is 0 Å². The van der Waals surface area contributed by atoms with Crippen LogP contribution >= 0.6 is 11.6 Å². The molecule has 0 saturated carbocycles. The number of aromatic nitrogens is 1. The molecule has 0 amide bonds. The molecule has 0 atom stereocenters. The number of halogens is 1. The first kappa shape index (κ1) is 14.8. The Hall–Kier alpha value is -1.63. The van der Waals surface area contributed by atoms with E-state index in [1.54, 1.807) is 18.2 Å². The SMILES string of the molecule is CN(Cc1cccc(Cl)c1)S(=O)(=O)c1cccnc1N. The summed E-state index contributed by atoms with van der Waals surface area (Å²) in [7, 11) is -2.19. The fourth-order valence-corrected chi connectivity index (χ4v) is 3.20. The van der Waals surface area contributed by atoms with Crippen molar-refractivity contribution in [2.24, 2.45) is 0 Å². The van der Waals surface area contributed by atoms with Crippen LogP contribution in [0.25, 0.3) is 0 Å². The summed E-state index contributed by atoms with van der Waals surface area (Å²) in [6, 6.07) is 10.0. The van der Waals surface area contributed by atoms with Gasteiger partial charge < -0.3 is 5.73 Å². The first-order valence-electron chi connectivity index (χ1n) is 5.82. The average Bonchev–Trinajstić information content (AvgIpc) is 2.39. The number of hydrogen-bond acceptors (Lipinski definition) is 4. The van der Waals surface area contributed by atoms with Gasteiger partial charge in [-0.05, 0) is 29.8 Å². The highest BCUT2D eigenvalue weighted by Gasteiger charge is 2.23. The molecular weight excluding hydrogens is 298 g/mol. The lowest BCUT2D eigenvalue weighted by Crippen LogP contribution is -2.27. The fourth-order valence-electron chi connectivity index (χ4n) is 1.77. The highest BCUT2D eigenvalue weighted by molar-refractivity contribution is 7.89. The van der Waals surface area contributed by atoms with Crippen molar-refractivity contribution in [1.82, 2.24) is 9.29 Å². The van der Waals surface area contributed by atoms with E-state index in [0.717, 1.165) is 5.56 Å². The molecule has 106 valence electrons. The molecule has 0 spiro atoms. The lowest BCUT2D eigenvalue weighted by molar-refractivity contribution is 0.467. The largest absolute Gasteiger partial charge is 0.383 e.